The van der Waals surface area contributed by atoms with Gasteiger partial charge >= 0.3 is 0 Å². The van der Waals surface area contributed by atoms with Crippen LogP contribution < -0.4 is 10.6 Å². The number of hydrogen-bond acceptors (Lipinski definition) is 2. The topological polar surface area (TPSA) is 49.6 Å². The molecule has 4 nitrogen and oxygen atoms in total. The molecule has 1 aliphatic carbocycles. The monoisotopic (exact) mass is 333 g/mol. The van der Waals surface area contributed by atoms with Gasteiger partial charge < -0.3 is 15.1 Å². The molecule has 128 valence electrons. The lowest BCUT2D eigenvalue weighted by molar-refractivity contribution is 0.510. The smallest absolute Gasteiger partial charge is 0.191 e. The van der Waals surface area contributed by atoms with Crippen LogP contribution in [0.4, 0.5) is 8.78 Å². The van der Waals surface area contributed by atoms with Crippen molar-refractivity contribution in [3.8, 4) is 0 Å². The van der Waals surface area contributed by atoms with E-state index in [2.05, 4.69) is 15.6 Å². The Morgan fingerprint density at radius 1 is 1.25 bits per heavy atom. The summed E-state index contributed by atoms with van der Waals surface area (Å²) < 4.78 is 32.9. The molecule has 0 aliphatic heterocycles. The van der Waals surface area contributed by atoms with Crippen molar-refractivity contribution in [2.24, 2.45) is 4.99 Å². The number of benzene rings is 1. The van der Waals surface area contributed by atoms with E-state index >= 15 is 0 Å². The summed E-state index contributed by atoms with van der Waals surface area (Å²) in [4.78, 5) is 4.49. The predicted molar refractivity (Wildman–Crippen MR) is 89.0 cm³/mol. The molecule has 0 amide bonds. The van der Waals surface area contributed by atoms with E-state index in [1.165, 1.54) is 18.2 Å². The first-order chi connectivity index (χ1) is 11.7. The SMILES string of the molecule is CCNC(=NCCc1ccco1)NC1CC1c1c(F)cccc1F. The zero-order chi connectivity index (χ0) is 16.9. The highest BCUT2D eigenvalue weighted by Crippen LogP contribution is 2.43. The van der Waals surface area contributed by atoms with Crippen LogP contribution in [0.25, 0.3) is 0 Å². The second kappa shape index (κ2) is 7.47. The molecule has 3 rings (SSSR count). The number of hydrogen-bond donors (Lipinski definition) is 2. The molecular weight excluding hydrogens is 312 g/mol. The van der Waals surface area contributed by atoms with Gasteiger partial charge in [0, 0.05) is 37.0 Å². The standard InChI is InChI=1S/C18H21F2N3O/c1-2-21-18(22-9-8-12-5-4-10-24-12)23-16-11-13(16)17-14(19)6-3-7-15(17)20/h3-7,10,13,16H,2,8-9,11H2,1H3,(H2,21,22,23). The molecule has 1 saturated carbocycles. The highest BCUT2D eigenvalue weighted by atomic mass is 19.1. The van der Waals surface area contributed by atoms with Crippen molar-refractivity contribution >= 4 is 5.96 Å². The molecule has 1 aromatic carbocycles. The third-order valence-electron chi connectivity index (χ3n) is 4.04. The molecule has 0 bridgehead atoms. The van der Waals surface area contributed by atoms with E-state index < -0.39 is 11.6 Å². The molecular formula is C18H21F2N3O. The van der Waals surface area contributed by atoms with Crippen LogP contribution in [0, 0.1) is 11.6 Å². The van der Waals surface area contributed by atoms with Gasteiger partial charge in [-0.15, -0.1) is 0 Å². The van der Waals surface area contributed by atoms with Crippen LogP contribution in [0.3, 0.4) is 0 Å². The van der Waals surface area contributed by atoms with Gasteiger partial charge in [-0.1, -0.05) is 6.07 Å². The van der Waals surface area contributed by atoms with Crippen molar-refractivity contribution in [1.29, 1.82) is 0 Å². The fourth-order valence-corrected chi connectivity index (χ4v) is 2.77. The summed E-state index contributed by atoms with van der Waals surface area (Å²) in [7, 11) is 0. The third-order valence-corrected chi connectivity index (χ3v) is 4.04. The normalized spacial score (nSPS) is 20.0. The van der Waals surface area contributed by atoms with Crippen molar-refractivity contribution < 1.29 is 13.2 Å². The summed E-state index contributed by atoms with van der Waals surface area (Å²) in [6.07, 6.45) is 3.04. The molecule has 0 radical (unpaired) electrons. The second-order valence-electron chi connectivity index (χ2n) is 5.82. The summed E-state index contributed by atoms with van der Waals surface area (Å²) in [5.74, 6) is 0.425. The molecule has 0 spiro atoms. The molecule has 24 heavy (non-hydrogen) atoms. The minimum absolute atomic E-state index is 0.00203. The fraction of sp³-hybridized carbons (Fsp3) is 0.389. The molecule has 2 aromatic rings. The predicted octanol–water partition coefficient (Wildman–Crippen LogP) is 3.21. The molecule has 1 heterocycles. The van der Waals surface area contributed by atoms with E-state index in [1.807, 2.05) is 19.1 Å². The van der Waals surface area contributed by atoms with Crippen LogP contribution in [0.5, 0.6) is 0 Å². The molecule has 2 N–H and O–H groups in total. The Morgan fingerprint density at radius 3 is 2.71 bits per heavy atom. The van der Waals surface area contributed by atoms with Crippen molar-refractivity contribution in [2.45, 2.75) is 31.7 Å². The largest absolute Gasteiger partial charge is 0.469 e. The van der Waals surface area contributed by atoms with Crippen molar-refractivity contribution in [3.63, 3.8) is 0 Å². The molecule has 2 atom stereocenters. The number of halogens is 2. The highest BCUT2D eigenvalue weighted by molar-refractivity contribution is 5.80. The lowest BCUT2D eigenvalue weighted by Gasteiger charge is -2.11. The van der Waals surface area contributed by atoms with Gasteiger partial charge in [0.1, 0.15) is 17.4 Å². The summed E-state index contributed by atoms with van der Waals surface area (Å²) in [5.41, 5.74) is 0.168. The maximum absolute atomic E-state index is 13.8. The van der Waals surface area contributed by atoms with Crippen LogP contribution in [-0.2, 0) is 6.42 Å². The second-order valence-corrected chi connectivity index (χ2v) is 5.82. The molecule has 1 fully saturated rings. The number of furan rings is 1. The van der Waals surface area contributed by atoms with Crippen molar-refractivity contribution in [1.82, 2.24) is 10.6 Å². The van der Waals surface area contributed by atoms with Gasteiger partial charge in [-0.25, -0.2) is 8.78 Å². The van der Waals surface area contributed by atoms with E-state index in [0.29, 0.717) is 25.3 Å². The average molecular weight is 333 g/mol. The van der Waals surface area contributed by atoms with Crippen molar-refractivity contribution in [3.05, 3.63) is 59.6 Å². The first-order valence-corrected chi connectivity index (χ1v) is 8.20. The molecule has 2 unspecified atom stereocenters. The van der Waals surface area contributed by atoms with Gasteiger partial charge in [-0.05, 0) is 37.6 Å². The van der Waals surface area contributed by atoms with Crippen LogP contribution >= 0.6 is 0 Å². The maximum atomic E-state index is 13.8. The zero-order valence-electron chi connectivity index (χ0n) is 13.6. The van der Waals surface area contributed by atoms with Crippen LogP contribution in [0.2, 0.25) is 0 Å². The Labute approximate surface area is 140 Å². The summed E-state index contributed by atoms with van der Waals surface area (Å²) in [5, 5.41) is 6.41. The van der Waals surface area contributed by atoms with E-state index in [9.17, 15) is 8.78 Å². The Hall–Kier alpha value is -2.37. The van der Waals surface area contributed by atoms with Gasteiger partial charge in [0.05, 0.1) is 6.26 Å². The Balaban J connectivity index is 1.58. The number of aliphatic imine (C=N–C) groups is 1. The minimum atomic E-state index is -0.482. The maximum Gasteiger partial charge on any atom is 0.191 e. The third kappa shape index (κ3) is 3.93. The number of guanidine groups is 1. The van der Waals surface area contributed by atoms with Gasteiger partial charge in [0.2, 0.25) is 0 Å². The van der Waals surface area contributed by atoms with Gasteiger partial charge in [-0.3, -0.25) is 4.99 Å². The molecule has 0 saturated heterocycles. The van der Waals surface area contributed by atoms with Gasteiger partial charge in [0.25, 0.3) is 0 Å². The van der Waals surface area contributed by atoms with Gasteiger partial charge in [0.15, 0.2) is 5.96 Å². The summed E-state index contributed by atoms with van der Waals surface area (Å²) >= 11 is 0. The molecule has 1 aromatic heterocycles. The van der Waals surface area contributed by atoms with E-state index in [0.717, 1.165) is 12.3 Å². The van der Waals surface area contributed by atoms with Crippen LogP contribution in [-0.4, -0.2) is 25.1 Å². The lowest BCUT2D eigenvalue weighted by atomic mass is 10.1. The van der Waals surface area contributed by atoms with Gasteiger partial charge in [-0.2, -0.15) is 0 Å². The Morgan fingerprint density at radius 2 is 2.04 bits per heavy atom. The number of rotatable bonds is 6. The van der Waals surface area contributed by atoms with Crippen molar-refractivity contribution in [2.75, 3.05) is 13.1 Å². The fourth-order valence-electron chi connectivity index (χ4n) is 2.77. The molecule has 6 heteroatoms. The van der Waals surface area contributed by atoms with E-state index in [1.54, 1.807) is 6.26 Å². The highest BCUT2D eigenvalue weighted by Gasteiger charge is 2.42. The first kappa shape index (κ1) is 16.5. The first-order valence-electron chi connectivity index (χ1n) is 8.20. The average Bonchev–Trinajstić information content (AvgIpc) is 3.08. The lowest BCUT2D eigenvalue weighted by Crippen LogP contribution is -2.39. The minimum Gasteiger partial charge on any atom is -0.469 e. The zero-order valence-corrected chi connectivity index (χ0v) is 13.6. The number of nitrogens with one attached hydrogen (secondary N) is 2. The van der Waals surface area contributed by atoms with Crippen LogP contribution in [0.15, 0.2) is 46.0 Å². The summed E-state index contributed by atoms with van der Waals surface area (Å²) in [6, 6.07) is 7.75. The van der Waals surface area contributed by atoms with E-state index in [4.69, 9.17) is 4.42 Å². The Kier molecular flexibility index (Phi) is 5.13. The van der Waals surface area contributed by atoms with Crippen LogP contribution in [0.1, 0.15) is 30.6 Å². The van der Waals surface area contributed by atoms with E-state index in [-0.39, 0.29) is 17.5 Å². The number of nitrogens with zero attached hydrogens (tertiary/aromatic N) is 1. The quantitative estimate of drug-likeness (QED) is 0.630. The molecule has 1 aliphatic rings. The Bertz CT molecular complexity index is 680. The summed E-state index contributed by atoms with van der Waals surface area (Å²) in [6.45, 7) is 3.27.